The number of carbonyl (C=O) groups excluding carboxylic acids is 2. The summed E-state index contributed by atoms with van der Waals surface area (Å²) in [6, 6.07) is 9.61. The van der Waals surface area contributed by atoms with E-state index in [0.29, 0.717) is 16.8 Å². The highest BCUT2D eigenvalue weighted by atomic mass is 19.1. The summed E-state index contributed by atoms with van der Waals surface area (Å²) in [5.41, 5.74) is -0.375. The van der Waals surface area contributed by atoms with E-state index in [-0.39, 0.29) is 25.4 Å². The molecule has 9 nitrogen and oxygen atoms in total. The Morgan fingerprint density at radius 3 is 2.47 bits per heavy atom. The Morgan fingerprint density at radius 1 is 1.16 bits per heavy atom. The zero-order valence-corrected chi connectivity index (χ0v) is 17.5. The van der Waals surface area contributed by atoms with Gasteiger partial charge in [-0.25, -0.2) is 14.0 Å². The lowest BCUT2D eigenvalue weighted by molar-refractivity contribution is -0.384. The minimum atomic E-state index is -1.46. The number of nitrogens with one attached hydrogen (secondary N) is 2. The summed E-state index contributed by atoms with van der Waals surface area (Å²) in [6.45, 7) is 3.76. The summed E-state index contributed by atoms with van der Waals surface area (Å²) in [5.74, 6) is -1.86. The third-order valence-electron chi connectivity index (χ3n) is 4.81. The van der Waals surface area contributed by atoms with E-state index < -0.39 is 33.9 Å². The average molecular weight is 443 g/mol. The van der Waals surface area contributed by atoms with Crippen LogP contribution in [0.2, 0.25) is 0 Å². The fourth-order valence-electron chi connectivity index (χ4n) is 3.29. The van der Waals surface area contributed by atoms with E-state index in [4.69, 9.17) is 9.47 Å². The van der Waals surface area contributed by atoms with Crippen LogP contribution in [0.25, 0.3) is 5.70 Å². The van der Waals surface area contributed by atoms with Gasteiger partial charge in [0.2, 0.25) is 0 Å². The highest BCUT2D eigenvalue weighted by molar-refractivity contribution is 5.94. The Morgan fingerprint density at radius 2 is 1.84 bits per heavy atom. The number of nitro benzene ring substituents is 1. The first-order valence-electron chi connectivity index (χ1n) is 9.93. The molecule has 3 rings (SSSR count). The molecule has 0 bridgehead atoms. The van der Waals surface area contributed by atoms with Crippen LogP contribution in [0.15, 0.2) is 48.5 Å². The van der Waals surface area contributed by atoms with Crippen molar-refractivity contribution in [2.24, 2.45) is 0 Å². The number of rotatable bonds is 8. The summed E-state index contributed by atoms with van der Waals surface area (Å²) >= 11 is 0. The maximum atomic E-state index is 13.5. The van der Waals surface area contributed by atoms with Crippen molar-refractivity contribution in [3.63, 3.8) is 0 Å². The second kappa shape index (κ2) is 9.46. The third kappa shape index (κ3) is 4.69. The Kier molecular flexibility index (Phi) is 6.72. The summed E-state index contributed by atoms with van der Waals surface area (Å²) in [4.78, 5) is 35.3. The van der Waals surface area contributed by atoms with Crippen LogP contribution in [0.1, 0.15) is 29.8 Å². The van der Waals surface area contributed by atoms with Crippen molar-refractivity contribution in [1.82, 2.24) is 5.32 Å². The first kappa shape index (κ1) is 22.7. The van der Waals surface area contributed by atoms with Gasteiger partial charge in [0, 0.05) is 5.70 Å². The van der Waals surface area contributed by atoms with Crippen LogP contribution < -0.4 is 10.6 Å². The molecule has 1 aliphatic rings. The van der Waals surface area contributed by atoms with Crippen LogP contribution in [0.3, 0.4) is 0 Å². The van der Waals surface area contributed by atoms with Crippen molar-refractivity contribution in [3.8, 4) is 0 Å². The fourth-order valence-corrected chi connectivity index (χ4v) is 3.29. The van der Waals surface area contributed by atoms with Crippen LogP contribution in [-0.4, -0.2) is 42.2 Å². The molecule has 0 aromatic heterocycles. The molecule has 2 N–H and O–H groups in total. The highest BCUT2D eigenvalue weighted by Gasteiger charge is 2.43. The molecule has 0 saturated carbocycles. The minimum Gasteiger partial charge on any atom is -0.464 e. The molecule has 1 aliphatic heterocycles. The number of hydrogen-bond acceptors (Lipinski definition) is 8. The Balaban J connectivity index is 1.96. The maximum Gasteiger partial charge on any atom is 0.338 e. The van der Waals surface area contributed by atoms with Crippen molar-refractivity contribution < 1.29 is 28.4 Å². The first-order valence-corrected chi connectivity index (χ1v) is 9.93. The van der Waals surface area contributed by atoms with Crippen molar-refractivity contribution >= 4 is 29.0 Å². The van der Waals surface area contributed by atoms with E-state index in [0.717, 1.165) is 12.1 Å². The van der Waals surface area contributed by atoms with E-state index in [2.05, 4.69) is 10.6 Å². The number of benzene rings is 2. The SMILES string of the molecule is CCOC(=O)c1ccc(C2=CC(Nc3ccc(F)cc3[N+](=O)[O-])(C(=O)OCC)CN2)cc1. The summed E-state index contributed by atoms with van der Waals surface area (Å²) in [7, 11) is 0. The standard InChI is InChI=1S/C22H22FN3O6/c1-3-31-20(27)15-7-5-14(6-8-15)18-12-22(13-24-18,21(28)32-4-2)25-17-10-9-16(23)11-19(17)26(29)30/h5-12,24-25H,3-4,13H2,1-2H3. The van der Waals surface area contributed by atoms with Gasteiger partial charge in [0.1, 0.15) is 11.5 Å². The van der Waals surface area contributed by atoms with Crippen molar-refractivity contribution in [1.29, 1.82) is 0 Å². The minimum absolute atomic E-state index is 0.0265. The Bertz CT molecular complexity index is 1070. The fraction of sp³-hybridized carbons (Fsp3) is 0.273. The second-order valence-corrected chi connectivity index (χ2v) is 6.94. The number of halogens is 1. The lowest BCUT2D eigenvalue weighted by atomic mass is 9.99. The van der Waals surface area contributed by atoms with Crippen LogP contribution in [0.4, 0.5) is 15.8 Å². The quantitative estimate of drug-likeness (QED) is 0.362. The van der Waals surface area contributed by atoms with Gasteiger partial charge < -0.3 is 20.1 Å². The molecule has 0 amide bonds. The normalized spacial score (nSPS) is 17.2. The molecule has 0 fully saturated rings. The zero-order valence-electron chi connectivity index (χ0n) is 17.5. The Hall–Kier alpha value is -3.95. The van der Waals surface area contributed by atoms with Crippen molar-refractivity contribution in [3.05, 3.63) is 75.6 Å². The molecule has 32 heavy (non-hydrogen) atoms. The van der Waals surface area contributed by atoms with Crippen LogP contribution in [0, 0.1) is 15.9 Å². The average Bonchev–Trinajstić information content (AvgIpc) is 3.21. The summed E-state index contributed by atoms with van der Waals surface area (Å²) in [6.07, 6.45) is 1.57. The first-order chi connectivity index (χ1) is 15.3. The van der Waals surface area contributed by atoms with E-state index in [1.54, 1.807) is 44.2 Å². The molecule has 168 valence electrons. The van der Waals surface area contributed by atoms with Crippen molar-refractivity contribution in [2.75, 3.05) is 25.1 Å². The third-order valence-corrected chi connectivity index (χ3v) is 4.81. The van der Waals surface area contributed by atoms with Gasteiger partial charge in [-0.1, -0.05) is 12.1 Å². The van der Waals surface area contributed by atoms with Gasteiger partial charge in [-0.3, -0.25) is 10.1 Å². The molecule has 2 aromatic rings. The van der Waals surface area contributed by atoms with E-state index in [1.807, 2.05) is 0 Å². The number of anilines is 1. The van der Waals surface area contributed by atoms with Crippen LogP contribution >= 0.6 is 0 Å². The number of esters is 2. The lowest BCUT2D eigenvalue weighted by Crippen LogP contribution is -2.49. The second-order valence-electron chi connectivity index (χ2n) is 6.94. The summed E-state index contributed by atoms with van der Waals surface area (Å²) in [5, 5.41) is 17.3. The molecule has 2 aromatic carbocycles. The highest BCUT2D eigenvalue weighted by Crippen LogP contribution is 2.33. The number of nitrogens with zero attached hydrogens (tertiary/aromatic N) is 1. The lowest BCUT2D eigenvalue weighted by Gasteiger charge is -2.26. The van der Waals surface area contributed by atoms with Crippen LogP contribution in [-0.2, 0) is 14.3 Å². The molecule has 10 heteroatoms. The predicted octanol–water partition coefficient (Wildman–Crippen LogP) is 3.27. The van der Waals surface area contributed by atoms with E-state index in [9.17, 15) is 24.1 Å². The van der Waals surface area contributed by atoms with Crippen molar-refractivity contribution in [2.45, 2.75) is 19.4 Å². The van der Waals surface area contributed by atoms with Gasteiger partial charge in [0.05, 0.1) is 36.3 Å². The molecule has 1 unspecified atom stereocenters. The molecule has 0 radical (unpaired) electrons. The Labute approximate surface area is 183 Å². The molecular formula is C22H22FN3O6. The van der Waals surface area contributed by atoms with Crippen LogP contribution in [0.5, 0.6) is 0 Å². The van der Waals surface area contributed by atoms with Gasteiger partial charge in [-0.05, 0) is 49.8 Å². The molecular weight excluding hydrogens is 421 g/mol. The number of ether oxygens (including phenoxy) is 2. The summed E-state index contributed by atoms with van der Waals surface area (Å²) < 4.78 is 23.7. The molecule has 1 heterocycles. The van der Waals surface area contributed by atoms with Gasteiger partial charge in [-0.15, -0.1) is 0 Å². The smallest absolute Gasteiger partial charge is 0.338 e. The van der Waals surface area contributed by atoms with Gasteiger partial charge >= 0.3 is 11.9 Å². The van der Waals surface area contributed by atoms with Gasteiger partial charge in [-0.2, -0.15) is 0 Å². The largest absolute Gasteiger partial charge is 0.464 e. The molecule has 0 spiro atoms. The number of hydrogen-bond donors (Lipinski definition) is 2. The van der Waals surface area contributed by atoms with Gasteiger partial charge in [0.25, 0.3) is 5.69 Å². The van der Waals surface area contributed by atoms with E-state index in [1.165, 1.54) is 6.07 Å². The predicted molar refractivity (Wildman–Crippen MR) is 114 cm³/mol. The topological polar surface area (TPSA) is 120 Å². The molecule has 1 atom stereocenters. The maximum absolute atomic E-state index is 13.5. The monoisotopic (exact) mass is 443 g/mol. The van der Waals surface area contributed by atoms with E-state index >= 15 is 0 Å². The van der Waals surface area contributed by atoms with Gasteiger partial charge in [0.15, 0.2) is 5.54 Å². The number of nitro groups is 1. The number of carbonyl (C=O) groups is 2. The molecule has 0 aliphatic carbocycles. The molecule has 0 saturated heterocycles. The zero-order chi connectivity index (χ0) is 23.3.